The molecule has 2 atom stereocenters. The number of nitrogens with zero attached hydrogens (tertiary/aromatic N) is 2. The molecule has 1 fully saturated rings. The fourth-order valence-electron chi connectivity index (χ4n) is 3.71. The van der Waals surface area contributed by atoms with Crippen LogP contribution in [0.2, 0.25) is 0 Å². The number of nitrogens with two attached hydrogens (primary N) is 1. The van der Waals surface area contributed by atoms with Crippen LogP contribution in [0.4, 0.5) is 0 Å². The van der Waals surface area contributed by atoms with E-state index in [0.717, 1.165) is 23.6 Å². The van der Waals surface area contributed by atoms with Crippen LogP contribution in [-0.2, 0) is 19.6 Å². The van der Waals surface area contributed by atoms with Crippen molar-refractivity contribution in [2.24, 2.45) is 11.1 Å². The topological polar surface area (TPSA) is 130 Å². The molecule has 2 rings (SSSR count). The molecule has 1 aliphatic rings. The van der Waals surface area contributed by atoms with Gasteiger partial charge in [0.2, 0.25) is 15.9 Å². The summed E-state index contributed by atoms with van der Waals surface area (Å²) in [5.41, 5.74) is 4.99. The Labute approximate surface area is 190 Å². The fourth-order valence-corrected chi connectivity index (χ4v) is 5.19. The van der Waals surface area contributed by atoms with E-state index < -0.39 is 27.7 Å². The summed E-state index contributed by atoms with van der Waals surface area (Å²) in [6.07, 6.45) is 1.94. The maximum atomic E-state index is 13.4. The van der Waals surface area contributed by atoms with Gasteiger partial charge in [-0.05, 0) is 55.4 Å². The van der Waals surface area contributed by atoms with Gasteiger partial charge in [0.15, 0.2) is 0 Å². The molecule has 2 unspecified atom stereocenters. The summed E-state index contributed by atoms with van der Waals surface area (Å²) in [5.74, 6) is 0.352. The van der Waals surface area contributed by atoms with Crippen LogP contribution in [0.15, 0.2) is 29.2 Å². The number of hydrogen-bond donors (Lipinski definition) is 2. The molecule has 0 radical (unpaired) electrons. The normalized spacial score (nSPS) is 17.1. The van der Waals surface area contributed by atoms with Gasteiger partial charge in [-0.1, -0.05) is 13.8 Å². The van der Waals surface area contributed by atoms with E-state index in [-0.39, 0.29) is 30.2 Å². The van der Waals surface area contributed by atoms with E-state index in [2.05, 4.69) is 0 Å². The largest absolute Gasteiger partial charge is 0.497 e. The number of piperidine rings is 1. The first kappa shape index (κ1) is 26.2. The third kappa shape index (κ3) is 6.50. The van der Waals surface area contributed by atoms with E-state index in [9.17, 15) is 23.1 Å². The first-order valence-electron chi connectivity index (χ1n) is 10.9. The zero-order valence-corrected chi connectivity index (χ0v) is 19.9. The number of ether oxygens (including phenoxy) is 1. The van der Waals surface area contributed by atoms with Crippen molar-refractivity contribution in [1.82, 2.24) is 9.21 Å². The molecule has 1 aliphatic heterocycles. The van der Waals surface area contributed by atoms with Crippen molar-refractivity contribution < 1.29 is 27.9 Å². The molecule has 9 nitrogen and oxygen atoms in total. The predicted molar refractivity (Wildman–Crippen MR) is 120 cm³/mol. The number of carbonyl (C=O) groups is 2. The zero-order valence-electron chi connectivity index (χ0n) is 19.1. The Bertz CT molecular complexity index is 866. The molecular weight excluding hydrogens is 434 g/mol. The Morgan fingerprint density at radius 1 is 1.25 bits per heavy atom. The van der Waals surface area contributed by atoms with E-state index in [4.69, 9.17) is 10.5 Å². The number of sulfonamides is 1. The van der Waals surface area contributed by atoms with Gasteiger partial charge < -0.3 is 25.3 Å². The number of hydrogen-bond acceptors (Lipinski definition) is 7. The van der Waals surface area contributed by atoms with Crippen LogP contribution < -0.4 is 10.5 Å². The molecule has 1 amide bonds. The highest BCUT2D eigenvalue weighted by atomic mass is 32.2. The van der Waals surface area contributed by atoms with Crippen LogP contribution in [0.1, 0.15) is 46.0 Å². The zero-order chi connectivity index (χ0) is 23.9. The van der Waals surface area contributed by atoms with Crippen LogP contribution in [0.25, 0.3) is 0 Å². The Kier molecular flexibility index (Phi) is 9.20. The third-order valence-electron chi connectivity index (χ3n) is 6.01. The Balaban J connectivity index is 2.27. The summed E-state index contributed by atoms with van der Waals surface area (Å²) in [5, 5.41) is 10.9. The van der Waals surface area contributed by atoms with Gasteiger partial charge in [-0.3, -0.25) is 4.79 Å². The molecule has 32 heavy (non-hydrogen) atoms. The van der Waals surface area contributed by atoms with Gasteiger partial charge >= 0.3 is 0 Å². The second-order valence-corrected chi connectivity index (χ2v) is 10.7. The summed E-state index contributed by atoms with van der Waals surface area (Å²) < 4.78 is 32.8. The lowest BCUT2D eigenvalue weighted by Crippen LogP contribution is -2.48. The second kappa shape index (κ2) is 11.2. The van der Waals surface area contributed by atoms with Crippen LogP contribution in [0.5, 0.6) is 5.75 Å². The molecular formula is C22H35N3O6S. The number of methoxy groups -OCH3 is 1. The van der Waals surface area contributed by atoms with Gasteiger partial charge in [-0.2, -0.15) is 4.31 Å². The number of aliphatic hydroxyl groups excluding tert-OH is 1. The minimum absolute atomic E-state index is 0.0275. The minimum atomic E-state index is -4.13. The lowest BCUT2D eigenvalue weighted by molar-refractivity contribution is -0.132. The van der Waals surface area contributed by atoms with Crippen molar-refractivity contribution >= 4 is 22.2 Å². The van der Waals surface area contributed by atoms with Crippen LogP contribution in [-0.4, -0.2) is 73.9 Å². The summed E-state index contributed by atoms with van der Waals surface area (Å²) >= 11 is 0. The van der Waals surface area contributed by atoms with E-state index in [1.807, 2.05) is 0 Å². The average Bonchev–Trinajstić information content (AvgIpc) is 2.78. The second-order valence-electron chi connectivity index (χ2n) is 8.82. The summed E-state index contributed by atoms with van der Waals surface area (Å²) in [7, 11) is -2.65. The first-order valence-corrected chi connectivity index (χ1v) is 12.3. The summed E-state index contributed by atoms with van der Waals surface area (Å²) in [4.78, 5) is 25.5. The smallest absolute Gasteiger partial charge is 0.245 e. The molecule has 1 saturated heterocycles. The molecule has 0 aliphatic carbocycles. The molecule has 10 heteroatoms. The number of aldehydes is 1. The van der Waals surface area contributed by atoms with Crippen LogP contribution in [0.3, 0.4) is 0 Å². The lowest BCUT2D eigenvalue weighted by Gasteiger charge is -2.35. The van der Waals surface area contributed by atoms with Gasteiger partial charge in [-0.15, -0.1) is 0 Å². The Morgan fingerprint density at radius 3 is 2.38 bits per heavy atom. The van der Waals surface area contributed by atoms with Crippen LogP contribution >= 0.6 is 0 Å². The molecule has 3 N–H and O–H groups in total. The molecule has 1 aromatic rings. The Morgan fingerprint density at radius 2 is 1.84 bits per heavy atom. The first-order chi connectivity index (χ1) is 15.0. The van der Waals surface area contributed by atoms with Gasteiger partial charge in [-0.25, -0.2) is 8.42 Å². The quantitative estimate of drug-likeness (QED) is 0.369. The van der Waals surface area contributed by atoms with Gasteiger partial charge in [0, 0.05) is 26.1 Å². The maximum Gasteiger partial charge on any atom is 0.245 e. The third-order valence-corrected chi connectivity index (χ3v) is 7.92. The highest BCUT2D eigenvalue weighted by Crippen LogP contribution is 2.29. The standard InChI is InChI=1S/C22H35N3O6S/c1-22(2,19(23)16-26)15-21(28)25(14-11-20(27)24-12-5-4-6-13-24)32(29,30)18-9-7-17(31-3)8-10-18/h7-10,16,19,21,28H,4-6,11-15,23H2,1-3H3. The molecule has 0 bridgehead atoms. The number of amides is 1. The van der Waals surface area contributed by atoms with Gasteiger partial charge in [0.1, 0.15) is 18.3 Å². The highest BCUT2D eigenvalue weighted by molar-refractivity contribution is 7.89. The van der Waals surface area contributed by atoms with Crippen molar-refractivity contribution in [2.75, 3.05) is 26.7 Å². The molecule has 180 valence electrons. The summed E-state index contributed by atoms with van der Waals surface area (Å²) in [6.45, 7) is 4.51. The van der Waals surface area contributed by atoms with Crippen molar-refractivity contribution in [2.45, 2.75) is 63.1 Å². The van der Waals surface area contributed by atoms with E-state index >= 15 is 0 Å². The SMILES string of the molecule is COc1ccc(S(=O)(=O)N(CCC(=O)N2CCCCC2)C(O)CC(C)(C)C(N)C=O)cc1. The van der Waals surface area contributed by atoms with Crippen molar-refractivity contribution in [3.8, 4) is 5.75 Å². The van der Waals surface area contributed by atoms with Crippen molar-refractivity contribution in [3.63, 3.8) is 0 Å². The number of aliphatic hydroxyl groups is 1. The van der Waals surface area contributed by atoms with E-state index in [1.54, 1.807) is 18.7 Å². The van der Waals surface area contributed by atoms with Crippen molar-refractivity contribution in [3.05, 3.63) is 24.3 Å². The fraction of sp³-hybridized carbons (Fsp3) is 0.636. The average molecular weight is 470 g/mol. The molecule has 1 aromatic carbocycles. The van der Waals surface area contributed by atoms with E-state index in [1.165, 1.54) is 31.4 Å². The minimum Gasteiger partial charge on any atom is -0.497 e. The maximum absolute atomic E-state index is 13.4. The highest BCUT2D eigenvalue weighted by Gasteiger charge is 2.37. The predicted octanol–water partition coefficient (Wildman–Crippen LogP) is 1.35. The molecule has 0 saturated carbocycles. The van der Waals surface area contributed by atoms with E-state index in [0.29, 0.717) is 25.1 Å². The summed E-state index contributed by atoms with van der Waals surface area (Å²) in [6, 6.07) is 4.94. The number of rotatable bonds is 11. The number of likely N-dealkylation sites (tertiary alicyclic amines) is 1. The van der Waals surface area contributed by atoms with Crippen LogP contribution in [0, 0.1) is 5.41 Å². The number of benzene rings is 1. The van der Waals surface area contributed by atoms with Gasteiger partial charge in [0.25, 0.3) is 0 Å². The molecule has 1 heterocycles. The molecule has 0 aromatic heterocycles. The molecule has 0 spiro atoms. The van der Waals surface area contributed by atoms with Gasteiger partial charge in [0.05, 0.1) is 18.0 Å². The van der Waals surface area contributed by atoms with Crippen molar-refractivity contribution in [1.29, 1.82) is 0 Å². The number of carbonyl (C=O) groups excluding carboxylic acids is 2. The Hall–Kier alpha value is -2.01. The lowest BCUT2D eigenvalue weighted by atomic mass is 9.81. The monoisotopic (exact) mass is 469 g/mol.